The zero-order chi connectivity index (χ0) is 15.1. The highest BCUT2D eigenvalue weighted by atomic mass is 32.2. The summed E-state index contributed by atoms with van der Waals surface area (Å²) in [5, 5.41) is 0. The molecule has 110 valence electrons. The van der Waals surface area contributed by atoms with Gasteiger partial charge in [-0.25, -0.2) is 0 Å². The summed E-state index contributed by atoms with van der Waals surface area (Å²) < 4.78 is 0. The van der Waals surface area contributed by atoms with E-state index in [1.165, 1.54) is 14.7 Å². The second kappa shape index (κ2) is 7.77. The van der Waals surface area contributed by atoms with E-state index in [4.69, 9.17) is 0 Å². The molecule has 0 aromatic heterocycles. The molecule has 0 amide bonds. The van der Waals surface area contributed by atoms with Gasteiger partial charge < -0.3 is 0 Å². The first-order chi connectivity index (χ1) is 10.0. The number of hydrogen-bond donors (Lipinski definition) is 0. The molecule has 0 spiro atoms. The van der Waals surface area contributed by atoms with Gasteiger partial charge in [-0.15, -0.1) is 11.8 Å². The zero-order valence-corrected chi connectivity index (χ0v) is 14.5. The standard InChI is InChI=1S/C19H22S2/c1-19(2,3)14-18(21-17-12-8-5-9-13-17)15-20-16-10-6-4-7-11-16/h4-14H,15H2,1-3H3/b18-14-. The summed E-state index contributed by atoms with van der Waals surface area (Å²) in [7, 11) is 0. The second-order valence-electron chi connectivity index (χ2n) is 5.99. The minimum absolute atomic E-state index is 0.203. The Morgan fingerprint density at radius 3 is 1.90 bits per heavy atom. The lowest BCUT2D eigenvalue weighted by Crippen LogP contribution is -2.01. The average molecular weight is 315 g/mol. The van der Waals surface area contributed by atoms with E-state index in [1.54, 1.807) is 0 Å². The van der Waals surface area contributed by atoms with Gasteiger partial charge in [0.2, 0.25) is 0 Å². The van der Waals surface area contributed by atoms with Crippen LogP contribution >= 0.6 is 23.5 Å². The van der Waals surface area contributed by atoms with Crippen molar-refractivity contribution in [1.82, 2.24) is 0 Å². The molecule has 0 bridgehead atoms. The third-order valence-corrected chi connectivity index (χ3v) is 4.99. The summed E-state index contributed by atoms with van der Waals surface area (Å²) in [5.41, 5.74) is 0.203. The van der Waals surface area contributed by atoms with Crippen LogP contribution in [0.25, 0.3) is 0 Å². The van der Waals surface area contributed by atoms with Crippen LogP contribution < -0.4 is 0 Å². The maximum atomic E-state index is 2.39. The molecule has 0 saturated carbocycles. The van der Waals surface area contributed by atoms with E-state index >= 15 is 0 Å². The number of rotatable bonds is 5. The van der Waals surface area contributed by atoms with Crippen LogP contribution in [0.5, 0.6) is 0 Å². The van der Waals surface area contributed by atoms with Crippen molar-refractivity contribution in [2.45, 2.75) is 30.6 Å². The van der Waals surface area contributed by atoms with Gasteiger partial charge in [0.1, 0.15) is 0 Å². The summed E-state index contributed by atoms with van der Waals surface area (Å²) in [5.74, 6) is 1.01. The molecule has 2 rings (SSSR count). The van der Waals surface area contributed by atoms with Crippen molar-refractivity contribution in [3.05, 3.63) is 71.6 Å². The predicted octanol–water partition coefficient (Wildman–Crippen LogP) is 6.50. The van der Waals surface area contributed by atoms with Crippen molar-refractivity contribution in [1.29, 1.82) is 0 Å². The van der Waals surface area contributed by atoms with Gasteiger partial charge in [-0.3, -0.25) is 0 Å². The highest BCUT2D eigenvalue weighted by Crippen LogP contribution is 2.34. The number of benzene rings is 2. The average Bonchev–Trinajstić information content (AvgIpc) is 2.45. The van der Waals surface area contributed by atoms with Crippen LogP contribution in [0.4, 0.5) is 0 Å². The van der Waals surface area contributed by atoms with Crippen molar-refractivity contribution in [2.24, 2.45) is 5.41 Å². The second-order valence-corrected chi connectivity index (χ2v) is 8.24. The molecule has 0 nitrogen and oxygen atoms in total. The zero-order valence-electron chi connectivity index (χ0n) is 12.9. The summed E-state index contributed by atoms with van der Waals surface area (Å²) in [6.45, 7) is 6.77. The Kier molecular flexibility index (Phi) is 6.01. The Balaban J connectivity index is 2.08. The van der Waals surface area contributed by atoms with Crippen molar-refractivity contribution in [3.63, 3.8) is 0 Å². The van der Waals surface area contributed by atoms with Gasteiger partial charge in [0.05, 0.1) is 0 Å². The van der Waals surface area contributed by atoms with Gasteiger partial charge >= 0.3 is 0 Å². The molecule has 21 heavy (non-hydrogen) atoms. The normalized spacial score (nSPS) is 12.4. The lowest BCUT2D eigenvalue weighted by Gasteiger charge is -2.16. The first-order valence-electron chi connectivity index (χ1n) is 7.15. The maximum Gasteiger partial charge on any atom is 0.0292 e. The fourth-order valence-electron chi connectivity index (χ4n) is 1.89. The number of allylic oxidation sites excluding steroid dienone is 1. The Morgan fingerprint density at radius 2 is 1.38 bits per heavy atom. The smallest absolute Gasteiger partial charge is 0.0292 e. The Labute approximate surface area is 137 Å². The summed E-state index contributed by atoms with van der Waals surface area (Å²) in [6.07, 6.45) is 2.39. The van der Waals surface area contributed by atoms with Gasteiger partial charge in [0.15, 0.2) is 0 Å². The Morgan fingerprint density at radius 1 is 0.857 bits per heavy atom. The van der Waals surface area contributed by atoms with Crippen molar-refractivity contribution >= 4 is 23.5 Å². The van der Waals surface area contributed by atoms with Crippen molar-refractivity contribution in [2.75, 3.05) is 5.75 Å². The minimum atomic E-state index is 0.203. The molecule has 2 aromatic carbocycles. The molecule has 0 aliphatic heterocycles. The molecular weight excluding hydrogens is 292 g/mol. The van der Waals surface area contributed by atoms with Crippen LogP contribution in [0.3, 0.4) is 0 Å². The molecule has 0 atom stereocenters. The molecule has 0 N–H and O–H groups in total. The summed E-state index contributed by atoms with van der Waals surface area (Å²) in [6, 6.07) is 21.2. The largest absolute Gasteiger partial charge is 0.121 e. The molecular formula is C19H22S2. The van der Waals surface area contributed by atoms with E-state index in [-0.39, 0.29) is 5.41 Å². The van der Waals surface area contributed by atoms with Crippen LogP contribution in [0, 0.1) is 5.41 Å². The molecule has 2 aromatic rings. The SMILES string of the molecule is CC(C)(C)/C=C(/CSc1ccccc1)Sc1ccccc1. The predicted molar refractivity (Wildman–Crippen MR) is 97.0 cm³/mol. The lowest BCUT2D eigenvalue weighted by atomic mass is 9.96. The highest BCUT2D eigenvalue weighted by molar-refractivity contribution is 8.06. The molecule has 0 aliphatic carbocycles. The molecule has 0 radical (unpaired) electrons. The number of thioether (sulfide) groups is 2. The van der Waals surface area contributed by atoms with Gasteiger partial charge in [-0.2, -0.15) is 0 Å². The fraction of sp³-hybridized carbons (Fsp3) is 0.263. The molecule has 0 saturated heterocycles. The molecule has 0 fully saturated rings. The molecule has 2 heteroatoms. The van der Waals surface area contributed by atoms with Crippen molar-refractivity contribution < 1.29 is 0 Å². The van der Waals surface area contributed by atoms with E-state index in [0.29, 0.717) is 0 Å². The first-order valence-corrected chi connectivity index (χ1v) is 8.96. The first kappa shape index (κ1) is 16.3. The molecule has 0 aliphatic rings. The van der Waals surface area contributed by atoms with Crippen LogP contribution in [0.2, 0.25) is 0 Å². The van der Waals surface area contributed by atoms with Crippen LogP contribution in [0.15, 0.2) is 81.4 Å². The third kappa shape index (κ3) is 6.45. The fourth-order valence-corrected chi connectivity index (χ4v) is 4.06. The monoisotopic (exact) mass is 314 g/mol. The summed E-state index contributed by atoms with van der Waals surface area (Å²) >= 11 is 3.77. The van der Waals surface area contributed by atoms with Crippen LogP contribution in [0.1, 0.15) is 20.8 Å². The quantitative estimate of drug-likeness (QED) is 0.578. The van der Waals surface area contributed by atoms with Crippen molar-refractivity contribution in [3.8, 4) is 0 Å². The third-order valence-electron chi connectivity index (χ3n) is 2.71. The molecule has 0 unspecified atom stereocenters. The lowest BCUT2D eigenvalue weighted by molar-refractivity contribution is 0.543. The van der Waals surface area contributed by atoms with E-state index < -0.39 is 0 Å². The van der Waals surface area contributed by atoms with E-state index in [9.17, 15) is 0 Å². The Hall–Kier alpha value is -1.12. The minimum Gasteiger partial charge on any atom is -0.121 e. The van der Waals surface area contributed by atoms with Gasteiger partial charge in [0.25, 0.3) is 0 Å². The Bertz CT molecular complexity index is 566. The maximum absolute atomic E-state index is 2.39. The summed E-state index contributed by atoms with van der Waals surface area (Å²) in [4.78, 5) is 4.05. The topological polar surface area (TPSA) is 0 Å². The van der Waals surface area contributed by atoms with Gasteiger partial charge in [-0.05, 0) is 34.6 Å². The van der Waals surface area contributed by atoms with Crippen LogP contribution in [-0.2, 0) is 0 Å². The van der Waals surface area contributed by atoms with E-state index in [0.717, 1.165) is 5.75 Å². The number of hydrogen-bond acceptors (Lipinski definition) is 2. The van der Waals surface area contributed by atoms with E-state index in [2.05, 4.69) is 87.5 Å². The van der Waals surface area contributed by atoms with Crippen LogP contribution in [-0.4, -0.2) is 5.75 Å². The highest BCUT2D eigenvalue weighted by Gasteiger charge is 2.10. The molecule has 0 heterocycles. The van der Waals surface area contributed by atoms with E-state index in [1.807, 2.05) is 23.5 Å². The van der Waals surface area contributed by atoms with Gasteiger partial charge in [0, 0.05) is 15.5 Å². The van der Waals surface area contributed by atoms with Gasteiger partial charge in [-0.1, -0.05) is 75.0 Å².